The highest BCUT2D eigenvalue weighted by Crippen LogP contribution is 2.38. The van der Waals surface area contributed by atoms with Crippen LogP contribution in [0.5, 0.6) is 5.75 Å². The number of halogens is 3. The van der Waals surface area contributed by atoms with Crippen LogP contribution in [0.25, 0.3) is 16.8 Å². The first kappa shape index (κ1) is 25.0. The van der Waals surface area contributed by atoms with Crippen molar-refractivity contribution >= 4 is 11.5 Å². The third kappa shape index (κ3) is 5.67. The highest BCUT2D eigenvalue weighted by Gasteiger charge is 2.32. The summed E-state index contributed by atoms with van der Waals surface area (Å²) in [4.78, 5) is 2.40. The number of aromatic nitrogens is 4. The predicted octanol–water partition coefficient (Wildman–Crippen LogP) is 4.87. The SMILES string of the molecule is COCOc1cc(C(F)(F)F)ccc1-c1nnc(N[C@@H]2CCCN(Cc3ccccc3)C2)n2nccc12. The summed E-state index contributed by atoms with van der Waals surface area (Å²) in [6, 6.07) is 15.5. The third-order valence-corrected chi connectivity index (χ3v) is 6.31. The van der Waals surface area contributed by atoms with Gasteiger partial charge in [-0.1, -0.05) is 30.3 Å². The number of anilines is 1. The second kappa shape index (κ2) is 10.7. The van der Waals surface area contributed by atoms with Crippen molar-refractivity contribution in [1.29, 1.82) is 0 Å². The lowest BCUT2D eigenvalue weighted by Gasteiger charge is -2.33. The average Bonchev–Trinajstić information content (AvgIpc) is 3.39. The van der Waals surface area contributed by atoms with E-state index in [1.54, 1.807) is 16.8 Å². The molecule has 0 amide bonds. The molecule has 1 fully saturated rings. The first-order valence-electron chi connectivity index (χ1n) is 12.0. The zero-order valence-electron chi connectivity index (χ0n) is 20.3. The number of hydrogen-bond acceptors (Lipinski definition) is 7. The zero-order chi connectivity index (χ0) is 25.8. The molecule has 37 heavy (non-hydrogen) atoms. The van der Waals surface area contributed by atoms with Crippen molar-refractivity contribution in [2.45, 2.75) is 31.6 Å². The Hall–Kier alpha value is -3.70. The number of ether oxygens (including phenoxy) is 2. The fourth-order valence-electron chi connectivity index (χ4n) is 4.60. The molecule has 5 rings (SSSR count). The van der Waals surface area contributed by atoms with E-state index in [0.29, 0.717) is 22.7 Å². The molecular weight excluding hydrogens is 485 g/mol. The molecule has 0 aliphatic carbocycles. The molecule has 4 aromatic rings. The number of likely N-dealkylation sites (tertiary alicyclic amines) is 1. The smallest absolute Gasteiger partial charge is 0.416 e. The Kier molecular flexibility index (Phi) is 7.24. The number of nitrogens with one attached hydrogen (secondary N) is 1. The number of piperidine rings is 1. The first-order valence-corrected chi connectivity index (χ1v) is 12.0. The second-order valence-electron chi connectivity index (χ2n) is 8.96. The van der Waals surface area contributed by atoms with Gasteiger partial charge >= 0.3 is 6.18 Å². The Morgan fingerprint density at radius 2 is 1.92 bits per heavy atom. The van der Waals surface area contributed by atoms with E-state index < -0.39 is 11.7 Å². The van der Waals surface area contributed by atoms with Crippen LogP contribution < -0.4 is 10.1 Å². The minimum Gasteiger partial charge on any atom is -0.467 e. The number of rotatable bonds is 8. The summed E-state index contributed by atoms with van der Waals surface area (Å²) in [5.41, 5.74) is 1.76. The van der Waals surface area contributed by atoms with E-state index in [1.165, 1.54) is 18.7 Å². The van der Waals surface area contributed by atoms with Crippen molar-refractivity contribution < 1.29 is 22.6 Å². The van der Waals surface area contributed by atoms with E-state index in [2.05, 4.69) is 37.6 Å². The number of methoxy groups -OCH3 is 1. The van der Waals surface area contributed by atoms with Gasteiger partial charge in [0.25, 0.3) is 0 Å². The van der Waals surface area contributed by atoms with Gasteiger partial charge in [-0.05, 0) is 49.2 Å². The summed E-state index contributed by atoms with van der Waals surface area (Å²) in [5.74, 6) is 0.472. The molecule has 2 aromatic carbocycles. The van der Waals surface area contributed by atoms with Crippen LogP contribution in [-0.4, -0.2) is 57.7 Å². The molecule has 0 saturated carbocycles. The quantitative estimate of drug-likeness (QED) is 0.338. The number of fused-ring (bicyclic) bond motifs is 1. The number of alkyl halides is 3. The summed E-state index contributed by atoms with van der Waals surface area (Å²) in [5, 5.41) is 16.6. The Morgan fingerprint density at radius 1 is 1.08 bits per heavy atom. The molecule has 0 bridgehead atoms. The van der Waals surface area contributed by atoms with E-state index in [9.17, 15) is 13.2 Å². The van der Waals surface area contributed by atoms with Crippen molar-refractivity contribution in [3.05, 3.63) is 71.9 Å². The van der Waals surface area contributed by atoms with Crippen LogP contribution in [0, 0.1) is 0 Å². The van der Waals surface area contributed by atoms with Crippen molar-refractivity contribution in [2.24, 2.45) is 0 Å². The maximum Gasteiger partial charge on any atom is 0.416 e. The van der Waals surface area contributed by atoms with E-state index in [4.69, 9.17) is 9.47 Å². The molecule has 0 spiro atoms. The van der Waals surface area contributed by atoms with Crippen LogP contribution in [0.1, 0.15) is 24.0 Å². The minimum atomic E-state index is -4.51. The predicted molar refractivity (Wildman–Crippen MR) is 132 cm³/mol. The Bertz CT molecular complexity index is 1350. The van der Waals surface area contributed by atoms with Crippen molar-refractivity contribution in [3.8, 4) is 17.0 Å². The van der Waals surface area contributed by atoms with Gasteiger partial charge in [0.15, 0.2) is 6.79 Å². The van der Waals surface area contributed by atoms with Gasteiger partial charge in [-0.25, -0.2) is 0 Å². The van der Waals surface area contributed by atoms with E-state index in [1.807, 2.05) is 18.2 Å². The largest absolute Gasteiger partial charge is 0.467 e. The standard InChI is InChI=1S/C26H27F3N6O2/c1-36-17-37-23-14-19(26(27,28)29)9-10-21(23)24-22-11-12-30-35(22)25(33-32-24)31-20-8-5-13-34(16-20)15-18-6-3-2-4-7-18/h2-4,6-7,9-12,14,20H,5,8,13,15-17H2,1H3,(H,31,33)/t20-/m1/s1. The summed E-state index contributed by atoms with van der Waals surface area (Å²) >= 11 is 0. The summed E-state index contributed by atoms with van der Waals surface area (Å²) in [6.45, 7) is 2.53. The van der Waals surface area contributed by atoms with Crippen LogP contribution in [-0.2, 0) is 17.5 Å². The Morgan fingerprint density at radius 3 is 2.70 bits per heavy atom. The van der Waals surface area contributed by atoms with Crippen molar-refractivity contribution in [2.75, 3.05) is 32.3 Å². The van der Waals surface area contributed by atoms with Crippen LogP contribution in [0.3, 0.4) is 0 Å². The number of hydrogen-bond donors (Lipinski definition) is 1. The van der Waals surface area contributed by atoms with Gasteiger partial charge < -0.3 is 14.8 Å². The first-order chi connectivity index (χ1) is 17.9. The van der Waals surface area contributed by atoms with Gasteiger partial charge in [0.05, 0.1) is 17.3 Å². The molecule has 1 aliphatic heterocycles. The number of benzene rings is 2. The van der Waals surface area contributed by atoms with Gasteiger partial charge in [0.1, 0.15) is 11.4 Å². The lowest BCUT2D eigenvalue weighted by molar-refractivity contribution is -0.137. The van der Waals surface area contributed by atoms with E-state index in [-0.39, 0.29) is 18.6 Å². The molecule has 11 heteroatoms. The minimum absolute atomic E-state index is 0.00128. The third-order valence-electron chi connectivity index (χ3n) is 6.31. The monoisotopic (exact) mass is 512 g/mol. The fourth-order valence-corrected chi connectivity index (χ4v) is 4.60. The molecule has 1 N–H and O–H groups in total. The highest BCUT2D eigenvalue weighted by molar-refractivity contribution is 5.81. The van der Waals surface area contributed by atoms with Crippen molar-refractivity contribution in [3.63, 3.8) is 0 Å². The molecule has 0 radical (unpaired) electrons. The van der Waals surface area contributed by atoms with Crippen LogP contribution in [0.15, 0.2) is 60.8 Å². The van der Waals surface area contributed by atoms with Gasteiger partial charge in [0.2, 0.25) is 5.95 Å². The summed E-state index contributed by atoms with van der Waals surface area (Å²) in [6.07, 6.45) is -0.880. The molecule has 1 aliphatic rings. The van der Waals surface area contributed by atoms with Gasteiger partial charge in [-0.2, -0.15) is 22.8 Å². The summed E-state index contributed by atoms with van der Waals surface area (Å²) < 4.78 is 51.9. The zero-order valence-corrected chi connectivity index (χ0v) is 20.3. The molecule has 194 valence electrons. The van der Waals surface area contributed by atoms with E-state index in [0.717, 1.165) is 44.6 Å². The molecule has 2 aromatic heterocycles. The molecule has 3 heterocycles. The number of nitrogens with zero attached hydrogens (tertiary/aromatic N) is 5. The van der Waals surface area contributed by atoms with Gasteiger partial charge in [-0.15, -0.1) is 10.2 Å². The van der Waals surface area contributed by atoms with Gasteiger partial charge in [0, 0.05) is 31.8 Å². The normalized spacial score (nSPS) is 16.7. The fraction of sp³-hybridized carbons (Fsp3) is 0.346. The molecule has 0 unspecified atom stereocenters. The highest BCUT2D eigenvalue weighted by atomic mass is 19.4. The molecule has 1 saturated heterocycles. The maximum atomic E-state index is 13.3. The van der Waals surface area contributed by atoms with Crippen LogP contribution >= 0.6 is 0 Å². The van der Waals surface area contributed by atoms with Gasteiger partial charge in [-0.3, -0.25) is 4.90 Å². The summed E-state index contributed by atoms with van der Waals surface area (Å²) in [7, 11) is 1.40. The van der Waals surface area contributed by atoms with Crippen LogP contribution in [0.4, 0.5) is 19.1 Å². The molecule has 8 nitrogen and oxygen atoms in total. The maximum absolute atomic E-state index is 13.3. The lowest BCUT2D eigenvalue weighted by Crippen LogP contribution is -2.42. The van der Waals surface area contributed by atoms with Crippen molar-refractivity contribution in [1.82, 2.24) is 24.7 Å². The second-order valence-corrected chi connectivity index (χ2v) is 8.96. The molecule has 1 atom stereocenters. The average molecular weight is 513 g/mol. The Labute approximate surface area is 212 Å². The lowest BCUT2D eigenvalue weighted by atomic mass is 10.0. The molecular formula is C26H27F3N6O2. The van der Waals surface area contributed by atoms with Crippen LogP contribution in [0.2, 0.25) is 0 Å². The Balaban J connectivity index is 1.40. The topological polar surface area (TPSA) is 76.8 Å². The van der Waals surface area contributed by atoms with E-state index >= 15 is 0 Å².